The van der Waals surface area contributed by atoms with E-state index in [0.29, 0.717) is 5.75 Å². The van der Waals surface area contributed by atoms with Crippen LogP contribution in [0.5, 0.6) is 11.5 Å². The smallest absolute Gasteiger partial charge is 0.312 e. The molecule has 0 bridgehead atoms. The van der Waals surface area contributed by atoms with E-state index in [1.54, 1.807) is 12.1 Å². The summed E-state index contributed by atoms with van der Waals surface area (Å²) in [6.45, 7) is 3.75. The summed E-state index contributed by atoms with van der Waals surface area (Å²) in [5, 5.41) is 11.2. The second-order valence-electron chi connectivity index (χ2n) is 4.96. The van der Waals surface area contributed by atoms with Crippen molar-refractivity contribution < 1.29 is 18.1 Å². The molecule has 0 aromatic heterocycles. The normalized spacial score (nSPS) is 11.2. The number of nitrogens with zero attached hydrogens (tertiary/aromatic N) is 1. The molecule has 0 saturated carbocycles. The van der Waals surface area contributed by atoms with Crippen molar-refractivity contribution in [2.75, 3.05) is 6.26 Å². The van der Waals surface area contributed by atoms with Crippen LogP contribution in [0.1, 0.15) is 11.1 Å². The second kappa shape index (κ2) is 5.76. The summed E-state index contributed by atoms with van der Waals surface area (Å²) in [4.78, 5) is 10.4. The molecule has 2 aromatic carbocycles. The molecule has 0 saturated heterocycles. The van der Waals surface area contributed by atoms with E-state index in [1.807, 2.05) is 19.9 Å². The van der Waals surface area contributed by atoms with Crippen molar-refractivity contribution in [1.82, 2.24) is 0 Å². The minimum absolute atomic E-state index is 0.00565. The topological polar surface area (TPSA) is 86.5 Å². The number of aryl methyl sites for hydroxylation is 1. The van der Waals surface area contributed by atoms with E-state index in [2.05, 4.69) is 0 Å². The first-order valence-corrected chi connectivity index (χ1v) is 8.32. The molecule has 0 unspecified atom stereocenters. The van der Waals surface area contributed by atoms with Crippen molar-refractivity contribution >= 4 is 15.5 Å². The molecule has 0 heterocycles. The fourth-order valence-corrected chi connectivity index (χ4v) is 2.55. The van der Waals surface area contributed by atoms with Crippen LogP contribution in [0.2, 0.25) is 0 Å². The lowest BCUT2D eigenvalue weighted by Gasteiger charge is -2.11. The molecule has 0 atom stereocenters. The van der Waals surface area contributed by atoms with E-state index < -0.39 is 14.8 Å². The van der Waals surface area contributed by atoms with E-state index in [4.69, 9.17) is 4.74 Å². The van der Waals surface area contributed by atoms with Crippen LogP contribution in [0.4, 0.5) is 5.69 Å². The molecular formula is C15H15NO5S. The SMILES string of the molecule is Cc1cccc(Oc2ccc(S(C)(=O)=O)cc2[N+](=O)[O-])c1C. The molecular weight excluding hydrogens is 306 g/mol. The van der Waals surface area contributed by atoms with Crippen LogP contribution in [-0.4, -0.2) is 19.6 Å². The molecule has 0 aliphatic heterocycles. The average molecular weight is 321 g/mol. The fourth-order valence-electron chi connectivity index (χ4n) is 1.91. The van der Waals surface area contributed by atoms with Crippen molar-refractivity contribution in [3.8, 4) is 11.5 Å². The zero-order chi connectivity index (χ0) is 16.5. The summed E-state index contributed by atoms with van der Waals surface area (Å²) >= 11 is 0. The largest absolute Gasteiger partial charge is 0.450 e. The number of hydrogen-bond donors (Lipinski definition) is 0. The summed E-state index contributed by atoms with van der Waals surface area (Å²) in [6, 6.07) is 9.00. The maximum absolute atomic E-state index is 11.5. The van der Waals surface area contributed by atoms with Crippen LogP contribution in [0.25, 0.3) is 0 Å². The number of hydrogen-bond acceptors (Lipinski definition) is 5. The Bertz CT molecular complexity index is 843. The second-order valence-corrected chi connectivity index (χ2v) is 6.97. The minimum Gasteiger partial charge on any atom is -0.450 e. The van der Waals surface area contributed by atoms with E-state index in [9.17, 15) is 18.5 Å². The van der Waals surface area contributed by atoms with Gasteiger partial charge >= 0.3 is 5.69 Å². The predicted molar refractivity (Wildman–Crippen MR) is 82.2 cm³/mol. The standard InChI is InChI=1S/C15H15NO5S/c1-10-5-4-6-14(11(10)2)21-15-8-7-12(22(3,19)20)9-13(15)16(17)18/h4-9H,1-3H3. The van der Waals surface area contributed by atoms with Gasteiger partial charge in [-0.25, -0.2) is 8.42 Å². The Balaban J connectivity index is 2.52. The van der Waals surface area contributed by atoms with Gasteiger partial charge in [0.25, 0.3) is 0 Å². The van der Waals surface area contributed by atoms with Gasteiger partial charge in [-0.05, 0) is 43.2 Å². The highest BCUT2D eigenvalue weighted by molar-refractivity contribution is 7.90. The summed E-state index contributed by atoms with van der Waals surface area (Å²) in [5.74, 6) is 0.501. The number of nitro groups is 1. The maximum atomic E-state index is 11.5. The van der Waals surface area contributed by atoms with Gasteiger partial charge < -0.3 is 4.74 Å². The van der Waals surface area contributed by atoms with E-state index >= 15 is 0 Å². The Morgan fingerprint density at radius 2 is 1.77 bits per heavy atom. The molecule has 22 heavy (non-hydrogen) atoms. The number of nitro benzene ring substituents is 1. The molecule has 0 fully saturated rings. The highest BCUT2D eigenvalue weighted by Crippen LogP contribution is 2.35. The minimum atomic E-state index is -3.52. The van der Waals surface area contributed by atoms with E-state index in [0.717, 1.165) is 23.4 Å². The van der Waals surface area contributed by atoms with Gasteiger partial charge in [-0.1, -0.05) is 12.1 Å². The third-order valence-electron chi connectivity index (χ3n) is 3.33. The zero-order valence-electron chi connectivity index (χ0n) is 12.4. The Kier molecular flexibility index (Phi) is 4.18. The van der Waals surface area contributed by atoms with Gasteiger partial charge in [0.05, 0.1) is 9.82 Å². The summed E-state index contributed by atoms with van der Waals surface area (Å²) < 4.78 is 28.6. The van der Waals surface area contributed by atoms with Gasteiger partial charge in [0, 0.05) is 12.3 Å². The van der Waals surface area contributed by atoms with Crippen LogP contribution in [0.15, 0.2) is 41.3 Å². The first kappa shape index (κ1) is 16.0. The molecule has 2 rings (SSSR count). The van der Waals surface area contributed by atoms with Gasteiger partial charge in [-0.2, -0.15) is 0 Å². The number of benzene rings is 2. The van der Waals surface area contributed by atoms with Crippen molar-refractivity contribution in [2.45, 2.75) is 18.7 Å². The first-order valence-electron chi connectivity index (χ1n) is 6.42. The van der Waals surface area contributed by atoms with Crippen LogP contribution >= 0.6 is 0 Å². The molecule has 116 valence electrons. The van der Waals surface area contributed by atoms with Crippen LogP contribution in [-0.2, 0) is 9.84 Å². The first-order chi connectivity index (χ1) is 10.2. The van der Waals surface area contributed by atoms with E-state index in [-0.39, 0.29) is 16.3 Å². The third kappa shape index (κ3) is 3.25. The van der Waals surface area contributed by atoms with Gasteiger partial charge in [0.2, 0.25) is 5.75 Å². The molecule has 0 aliphatic rings. The third-order valence-corrected chi connectivity index (χ3v) is 4.44. The quantitative estimate of drug-likeness (QED) is 0.636. The highest BCUT2D eigenvalue weighted by Gasteiger charge is 2.20. The Labute approximate surface area is 128 Å². The van der Waals surface area contributed by atoms with Gasteiger partial charge in [-0.3, -0.25) is 10.1 Å². The highest BCUT2D eigenvalue weighted by atomic mass is 32.2. The van der Waals surface area contributed by atoms with Crippen molar-refractivity contribution in [3.63, 3.8) is 0 Å². The zero-order valence-corrected chi connectivity index (χ0v) is 13.2. The molecule has 0 spiro atoms. The summed E-state index contributed by atoms with van der Waals surface area (Å²) in [7, 11) is -3.52. The summed E-state index contributed by atoms with van der Waals surface area (Å²) in [6.07, 6.45) is 0.997. The number of sulfone groups is 1. The lowest BCUT2D eigenvalue weighted by molar-refractivity contribution is -0.385. The Morgan fingerprint density at radius 3 is 2.36 bits per heavy atom. The average Bonchev–Trinajstić information content (AvgIpc) is 2.43. The van der Waals surface area contributed by atoms with Gasteiger partial charge in [0.1, 0.15) is 5.75 Å². The van der Waals surface area contributed by atoms with Crippen LogP contribution < -0.4 is 4.74 Å². The molecule has 2 aromatic rings. The predicted octanol–water partition coefficient (Wildman–Crippen LogP) is 3.41. The van der Waals surface area contributed by atoms with Crippen LogP contribution in [0, 0.1) is 24.0 Å². The molecule has 7 heteroatoms. The van der Waals surface area contributed by atoms with Gasteiger partial charge in [0.15, 0.2) is 9.84 Å². The van der Waals surface area contributed by atoms with Gasteiger partial charge in [-0.15, -0.1) is 0 Å². The molecule has 0 amide bonds. The Hall–Kier alpha value is -2.41. The lowest BCUT2D eigenvalue weighted by atomic mass is 10.1. The van der Waals surface area contributed by atoms with E-state index in [1.165, 1.54) is 12.1 Å². The number of rotatable bonds is 4. The fraction of sp³-hybridized carbons (Fsp3) is 0.200. The Morgan fingerprint density at radius 1 is 1.09 bits per heavy atom. The number of ether oxygens (including phenoxy) is 1. The summed E-state index contributed by atoms with van der Waals surface area (Å²) in [5.41, 5.74) is 1.47. The van der Waals surface area contributed by atoms with Crippen molar-refractivity contribution in [2.24, 2.45) is 0 Å². The van der Waals surface area contributed by atoms with Crippen molar-refractivity contribution in [3.05, 3.63) is 57.6 Å². The monoisotopic (exact) mass is 321 g/mol. The molecule has 0 aliphatic carbocycles. The molecule has 6 nitrogen and oxygen atoms in total. The molecule has 0 radical (unpaired) electrons. The molecule has 0 N–H and O–H groups in total. The lowest BCUT2D eigenvalue weighted by Crippen LogP contribution is -2.00. The van der Waals surface area contributed by atoms with Crippen LogP contribution in [0.3, 0.4) is 0 Å². The van der Waals surface area contributed by atoms with Crippen molar-refractivity contribution in [1.29, 1.82) is 0 Å². The maximum Gasteiger partial charge on any atom is 0.312 e.